The summed E-state index contributed by atoms with van der Waals surface area (Å²) in [5.41, 5.74) is 0.749. The highest BCUT2D eigenvalue weighted by atomic mass is 16.5. The third-order valence-corrected chi connectivity index (χ3v) is 5.00. The Morgan fingerprint density at radius 2 is 1.70 bits per heavy atom. The van der Waals surface area contributed by atoms with Crippen LogP contribution >= 0.6 is 0 Å². The first-order valence-corrected chi connectivity index (χ1v) is 10.3. The molecule has 0 spiro atoms. The lowest BCUT2D eigenvalue weighted by Gasteiger charge is -2.22. The molecule has 0 fully saturated rings. The van der Waals surface area contributed by atoms with Crippen LogP contribution in [0.1, 0.15) is 38.0 Å². The van der Waals surface area contributed by atoms with Gasteiger partial charge < -0.3 is 19.0 Å². The van der Waals surface area contributed by atoms with E-state index in [9.17, 15) is 9.90 Å². The molecule has 0 unspecified atom stereocenters. The molecule has 1 aromatic heterocycles. The first kappa shape index (κ1) is 21.7. The zero-order valence-corrected chi connectivity index (χ0v) is 18.0. The molecule has 1 heterocycles. The topological polar surface area (TPSA) is 72.1 Å². The average Bonchev–Trinajstić information content (AvgIpc) is 2.74. The van der Waals surface area contributed by atoms with E-state index in [0.29, 0.717) is 40.3 Å². The van der Waals surface area contributed by atoms with Gasteiger partial charge in [-0.3, -0.25) is 9.69 Å². The van der Waals surface area contributed by atoms with Gasteiger partial charge >= 0.3 is 0 Å². The number of nitrogens with zero attached hydrogens (tertiary/aromatic N) is 1. The molecule has 0 aliphatic carbocycles. The fourth-order valence-corrected chi connectivity index (χ4v) is 3.60. The zero-order chi connectivity index (χ0) is 21.7. The van der Waals surface area contributed by atoms with Crippen molar-refractivity contribution in [1.29, 1.82) is 0 Å². The summed E-state index contributed by atoms with van der Waals surface area (Å²) < 4.78 is 17.2. The van der Waals surface area contributed by atoms with Gasteiger partial charge in [0, 0.05) is 6.54 Å². The lowest BCUT2D eigenvalue weighted by atomic mass is 10.1. The smallest absolute Gasteiger partial charge is 0.235 e. The van der Waals surface area contributed by atoms with Crippen molar-refractivity contribution in [1.82, 2.24) is 4.90 Å². The second-order valence-electron chi connectivity index (χ2n) is 7.29. The molecular weight excluding hydrogens is 382 g/mol. The lowest BCUT2D eigenvalue weighted by Crippen LogP contribution is -2.25. The van der Waals surface area contributed by atoms with Crippen LogP contribution < -0.4 is 14.9 Å². The minimum absolute atomic E-state index is 0.114. The molecule has 0 amide bonds. The van der Waals surface area contributed by atoms with E-state index in [-0.39, 0.29) is 16.9 Å². The fourth-order valence-electron chi connectivity index (χ4n) is 3.60. The van der Waals surface area contributed by atoms with Crippen molar-refractivity contribution in [3.05, 3.63) is 57.9 Å². The van der Waals surface area contributed by atoms with E-state index in [1.54, 1.807) is 38.3 Å². The molecule has 0 bridgehead atoms. The van der Waals surface area contributed by atoms with E-state index in [1.807, 2.05) is 12.1 Å². The summed E-state index contributed by atoms with van der Waals surface area (Å²) in [7, 11) is 1.55. The number of phenols is 1. The molecule has 30 heavy (non-hydrogen) atoms. The average molecular weight is 411 g/mol. The van der Waals surface area contributed by atoms with Gasteiger partial charge in [0.1, 0.15) is 17.1 Å². The first-order valence-electron chi connectivity index (χ1n) is 10.3. The molecule has 6 heteroatoms. The molecule has 0 saturated carbocycles. The van der Waals surface area contributed by atoms with Gasteiger partial charge in [-0.05, 0) is 57.1 Å². The van der Waals surface area contributed by atoms with Crippen LogP contribution in [0, 0.1) is 6.92 Å². The highest BCUT2D eigenvalue weighted by Gasteiger charge is 2.20. The van der Waals surface area contributed by atoms with Gasteiger partial charge in [-0.25, -0.2) is 0 Å². The van der Waals surface area contributed by atoms with Gasteiger partial charge in [0.2, 0.25) is 11.2 Å². The number of aryl methyl sites for hydroxylation is 1. The predicted molar refractivity (Wildman–Crippen MR) is 118 cm³/mol. The van der Waals surface area contributed by atoms with E-state index in [1.165, 1.54) is 0 Å². The molecule has 3 rings (SSSR count). The molecular formula is C24H29NO5. The third kappa shape index (κ3) is 4.44. The zero-order valence-electron chi connectivity index (χ0n) is 18.0. The van der Waals surface area contributed by atoms with E-state index in [2.05, 4.69) is 18.7 Å². The molecule has 160 valence electrons. The number of hydrogen-bond donors (Lipinski definition) is 1. The number of aromatic hydroxyl groups is 1. The predicted octanol–water partition coefficient (Wildman–Crippen LogP) is 5.23. The summed E-state index contributed by atoms with van der Waals surface area (Å²) in [5.74, 6) is 1.55. The number of methoxy groups -OCH3 is 1. The quantitative estimate of drug-likeness (QED) is 0.520. The van der Waals surface area contributed by atoms with Crippen molar-refractivity contribution in [2.45, 2.75) is 40.2 Å². The van der Waals surface area contributed by atoms with Crippen LogP contribution in [-0.4, -0.2) is 30.2 Å². The second-order valence-corrected chi connectivity index (χ2v) is 7.29. The maximum atomic E-state index is 13.2. The molecule has 0 saturated heterocycles. The Balaban J connectivity index is 2.08. The summed E-state index contributed by atoms with van der Waals surface area (Å²) in [5, 5.41) is 10.9. The molecule has 1 N–H and O–H groups in total. The molecule has 6 nitrogen and oxygen atoms in total. The molecule has 3 aromatic rings. The van der Waals surface area contributed by atoms with Gasteiger partial charge in [0.05, 0.1) is 18.1 Å². The van der Waals surface area contributed by atoms with Gasteiger partial charge in [-0.1, -0.05) is 26.0 Å². The van der Waals surface area contributed by atoms with Crippen LogP contribution in [0.3, 0.4) is 0 Å². The minimum atomic E-state index is -0.279. The minimum Gasteiger partial charge on any atom is -0.507 e. The van der Waals surface area contributed by atoms with Crippen LogP contribution in [0.15, 0.2) is 45.6 Å². The lowest BCUT2D eigenvalue weighted by molar-refractivity contribution is 0.262. The van der Waals surface area contributed by atoms with Crippen molar-refractivity contribution >= 4 is 11.0 Å². The molecule has 2 aromatic carbocycles. The maximum Gasteiger partial charge on any atom is 0.235 e. The number of hydrogen-bond acceptors (Lipinski definition) is 6. The Hall–Kier alpha value is -2.99. The Morgan fingerprint density at radius 1 is 1.03 bits per heavy atom. The SMILES string of the molecule is CCCN(CCC)Cc1c(O)ccc2c(=O)c(Oc3ccccc3OC)c(C)oc12. The Morgan fingerprint density at radius 3 is 2.33 bits per heavy atom. The van der Waals surface area contributed by atoms with Crippen molar-refractivity contribution < 1.29 is 19.0 Å². The van der Waals surface area contributed by atoms with Gasteiger partial charge in [0.15, 0.2) is 11.5 Å². The highest BCUT2D eigenvalue weighted by molar-refractivity contribution is 5.83. The third-order valence-electron chi connectivity index (χ3n) is 5.00. The number of para-hydroxylation sites is 2. The van der Waals surface area contributed by atoms with Gasteiger partial charge in [-0.15, -0.1) is 0 Å². The molecule has 0 aliphatic heterocycles. The molecule has 0 atom stereocenters. The normalized spacial score (nSPS) is 11.2. The Labute approximate surface area is 176 Å². The van der Waals surface area contributed by atoms with Crippen LogP contribution in [0.2, 0.25) is 0 Å². The van der Waals surface area contributed by atoms with Crippen molar-refractivity contribution in [3.8, 4) is 23.0 Å². The van der Waals surface area contributed by atoms with E-state index in [4.69, 9.17) is 13.9 Å². The molecule has 0 radical (unpaired) electrons. The number of rotatable bonds is 9. The Kier molecular flexibility index (Phi) is 7.00. The van der Waals surface area contributed by atoms with Crippen molar-refractivity contribution in [3.63, 3.8) is 0 Å². The van der Waals surface area contributed by atoms with Crippen LogP contribution in [0.25, 0.3) is 11.0 Å². The fraction of sp³-hybridized carbons (Fsp3) is 0.375. The van der Waals surface area contributed by atoms with Crippen molar-refractivity contribution in [2.24, 2.45) is 0 Å². The number of benzene rings is 2. The van der Waals surface area contributed by atoms with Gasteiger partial charge in [-0.2, -0.15) is 0 Å². The first-order chi connectivity index (χ1) is 14.5. The summed E-state index contributed by atoms with van der Waals surface area (Å²) in [6, 6.07) is 10.3. The largest absolute Gasteiger partial charge is 0.507 e. The number of fused-ring (bicyclic) bond motifs is 1. The highest BCUT2D eigenvalue weighted by Crippen LogP contribution is 2.34. The van der Waals surface area contributed by atoms with E-state index in [0.717, 1.165) is 25.9 Å². The summed E-state index contributed by atoms with van der Waals surface area (Å²) in [4.78, 5) is 15.5. The number of ether oxygens (including phenoxy) is 2. The van der Waals surface area contributed by atoms with Crippen LogP contribution in [0.5, 0.6) is 23.0 Å². The summed E-state index contributed by atoms with van der Waals surface area (Å²) in [6.45, 7) is 8.26. The standard InChI is InChI=1S/C24H29NO5/c1-5-13-25(14-6-2)15-18-19(26)12-11-17-22(27)23(16(3)29-24(17)18)30-21-10-8-7-9-20(21)28-4/h7-12,26H,5-6,13-15H2,1-4H3. The molecule has 0 aliphatic rings. The van der Waals surface area contributed by atoms with E-state index < -0.39 is 0 Å². The van der Waals surface area contributed by atoms with Crippen LogP contribution in [0.4, 0.5) is 0 Å². The van der Waals surface area contributed by atoms with E-state index >= 15 is 0 Å². The maximum absolute atomic E-state index is 13.2. The Bertz CT molecular complexity index is 1070. The van der Waals surface area contributed by atoms with Crippen molar-refractivity contribution in [2.75, 3.05) is 20.2 Å². The summed E-state index contributed by atoms with van der Waals surface area (Å²) in [6.07, 6.45) is 2.01. The monoisotopic (exact) mass is 411 g/mol. The summed E-state index contributed by atoms with van der Waals surface area (Å²) >= 11 is 0. The second kappa shape index (κ2) is 9.67. The number of phenolic OH excluding ortho intramolecular Hbond substituents is 1. The van der Waals surface area contributed by atoms with Crippen LogP contribution in [-0.2, 0) is 6.54 Å². The van der Waals surface area contributed by atoms with Gasteiger partial charge in [0.25, 0.3) is 0 Å².